The Kier molecular flexibility index (Phi) is 18.0. The molecule has 1 aliphatic rings. The highest BCUT2D eigenvalue weighted by Gasteiger charge is 1.92. The Morgan fingerprint density at radius 2 is 1.15 bits per heavy atom. The number of hydrogen-bond donors (Lipinski definition) is 3. The Morgan fingerprint density at radius 3 is 1.62 bits per heavy atom. The first-order chi connectivity index (χ1) is 6.00. The van der Waals surface area contributed by atoms with Crippen LogP contribution < -0.4 is 16.0 Å². The fourth-order valence-corrected chi connectivity index (χ4v) is 1.73. The Labute approximate surface area is 85.2 Å². The van der Waals surface area contributed by atoms with Crippen LogP contribution >= 0.6 is 8.58 Å². The van der Waals surface area contributed by atoms with Crippen molar-refractivity contribution in [3.8, 4) is 0 Å². The molecule has 0 aromatic rings. The first-order valence-corrected chi connectivity index (χ1v) is 5.74. The van der Waals surface area contributed by atoms with E-state index in [1.165, 1.54) is 12.6 Å². The summed E-state index contributed by atoms with van der Waals surface area (Å²) >= 11 is 0. The van der Waals surface area contributed by atoms with Crippen LogP contribution in [0.4, 0.5) is 0 Å². The second-order valence-corrected chi connectivity index (χ2v) is 3.56. The van der Waals surface area contributed by atoms with Gasteiger partial charge in [0.2, 0.25) is 0 Å². The normalized spacial score (nSPS) is 18.9. The molecule has 1 saturated heterocycles. The third-order valence-electron chi connectivity index (χ3n) is 1.46. The lowest BCUT2D eigenvalue weighted by Gasteiger charge is -2.10. The van der Waals surface area contributed by atoms with Crippen LogP contribution in [0, 0.1) is 13.8 Å². The predicted octanol–water partition coefficient (Wildman–Crippen LogP) is 0.653. The zero-order valence-corrected chi connectivity index (χ0v) is 8.66. The fraction of sp³-hybridized carbons (Fsp3) is 0.778. The van der Waals surface area contributed by atoms with Gasteiger partial charge in [0.25, 0.3) is 0 Å². The summed E-state index contributed by atoms with van der Waals surface area (Å²) in [6.45, 7) is 10.4. The minimum Gasteiger partial charge on any atom is -0.314 e. The number of rotatable bonds is 0. The fourth-order valence-electron chi connectivity index (χ4n) is 0.895. The summed E-state index contributed by atoms with van der Waals surface area (Å²) in [5.74, 6) is 0. The Morgan fingerprint density at radius 1 is 0.769 bits per heavy atom. The predicted molar refractivity (Wildman–Crippen MR) is 64.4 cm³/mol. The highest BCUT2D eigenvalue weighted by molar-refractivity contribution is 7.37. The van der Waals surface area contributed by atoms with E-state index in [1.807, 2.05) is 0 Å². The Hall–Kier alpha value is 0.310. The van der Waals surface area contributed by atoms with Crippen LogP contribution in [0.25, 0.3) is 0 Å². The highest BCUT2D eigenvalue weighted by Crippen LogP contribution is 2.02. The molecule has 4 heteroatoms. The lowest BCUT2D eigenvalue weighted by molar-refractivity contribution is 0.611. The lowest BCUT2D eigenvalue weighted by Crippen LogP contribution is -2.34. The van der Waals surface area contributed by atoms with Crippen molar-refractivity contribution < 1.29 is 0 Å². The van der Waals surface area contributed by atoms with Crippen molar-refractivity contribution in [1.29, 1.82) is 0 Å². The van der Waals surface area contributed by atoms with Gasteiger partial charge in [0.15, 0.2) is 0 Å². The Bertz CT molecular complexity index is 48.0. The van der Waals surface area contributed by atoms with Crippen molar-refractivity contribution >= 4 is 8.58 Å². The molecule has 1 aliphatic heterocycles. The summed E-state index contributed by atoms with van der Waals surface area (Å²) in [4.78, 5) is 0. The van der Waals surface area contributed by atoms with Crippen LogP contribution in [0.3, 0.4) is 0 Å². The third-order valence-corrected chi connectivity index (χ3v) is 2.46. The van der Waals surface area contributed by atoms with Gasteiger partial charge in [-0.3, -0.25) is 0 Å². The minimum atomic E-state index is 0. The van der Waals surface area contributed by atoms with E-state index in [1.54, 1.807) is 0 Å². The van der Waals surface area contributed by atoms with Crippen molar-refractivity contribution in [2.75, 3.05) is 38.8 Å². The number of nitrogens with one attached hydrogen (secondary N) is 3. The van der Waals surface area contributed by atoms with Crippen LogP contribution in [0.5, 0.6) is 0 Å². The van der Waals surface area contributed by atoms with E-state index in [2.05, 4.69) is 29.8 Å². The maximum atomic E-state index is 3.36. The van der Waals surface area contributed by atoms with E-state index < -0.39 is 0 Å². The van der Waals surface area contributed by atoms with Crippen molar-refractivity contribution in [3.63, 3.8) is 0 Å². The summed E-state index contributed by atoms with van der Waals surface area (Å²) in [5.41, 5.74) is 0. The van der Waals surface area contributed by atoms with Gasteiger partial charge < -0.3 is 16.0 Å². The molecule has 0 aliphatic carbocycles. The van der Waals surface area contributed by atoms with Crippen LogP contribution in [0.15, 0.2) is 0 Å². The summed E-state index contributed by atoms with van der Waals surface area (Å²) in [7, 11) is 1.03. The molecule has 1 fully saturated rings. The molecule has 0 bridgehead atoms. The average Bonchev–Trinajstić information content (AvgIpc) is 2.18. The lowest BCUT2D eigenvalue weighted by atomic mass is 10.5. The largest absolute Gasteiger partial charge is 0.314 e. The molecule has 1 rings (SSSR count). The summed E-state index contributed by atoms with van der Waals surface area (Å²) < 4.78 is 0. The molecule has 0 aromatic carbocycles. The highest BCUT2D eigenvalue weighted by atomic mass is 31.1. The van der Waals surface area contributed by atoms with Crippen molar-refractivity contribution in [2.45, 2.75) is 7.43 Å². The molecule has 0 spiro atoms. The molecule has 80 valence electrons. The second-order valence-electron chi connectivity index (χ2n) is 2.35. The molecule has 0 unspecified atom stereocenters. The van der Waals surface area contributed by atoms with Crippen LogP contribution in [0.2, 0.25) is 0 Å². The average molecular weight is 205 g/mol. The molecule has 0 saturated carbocycles. The first kappa shape index (κ1) is 15.8. The molecule has 3 nitrogen and oxygen atoms in total. The summed E-state index contributed by atoms with van der Waals surface area (Å²) in [6.07, 6.45) is 2.35. The van der Waals surface area contributed by atoms with E-state index >= 15 is 0 Å². The Balaban J connectivity index is 0. The molecule has 0 amide bonds. The second kappa shape index (κ2) is 14.8. The molecule has 2 radical (unpaired) electrons. The summed E-state index contributed by atoms with van der Waals surface area (Å²) in [5, 5.41) is 10.1. The van der Waals surface area contributed by atoms with Crippen LogP contribution in [-0.4, -0.2) is 38.8 Å². The standard InChI is InChI=1S/C6H16N3P.C2H4.CH4/c1-3-8-5-10-6-9-4-2-7-1;1-2;/h7-10H,1-6H2;1-2H2;1H4. The SMILES string of the molecule is C.C1CNCPCNCCN1.[CH2][CH2]. The van der Waals surface area contributed by atoms with E-state index in [-0.39, 0.29) is 7.43 Å². The van der Waals surface area contributed by atoms with Gasteiger partial charge in [0.1, 0.15) is 0 Å². The quantitative estimate of drug-likeness (QED) is 0.508. The monoisotopic (exact) mass is 205 g/mol. The van der Waals surface area contributed by atoms with E-state index in [0.717, 1.165) is 34.8 Å². The number of hydrogen-bond acceptors (Lipinski definition) is 3. The topological polar surface area (TPSA) is 36.1 Å². The van der Waals surface area contributed by atoms with E-state index in [4.69, 9.17) is 0 Å². The molecule has 1 heterocycles. The van der Waals surface area contributed by atoms with Gasteiger partial charge >= 0.3 is 0 Å². The van der Waals surface area contributed by atoms with Gasteiger partial charge in [-0.2, -0.15) is 0 Å². The molecular formula is C9H24N3P. The molecule has 3 N–H and O–H groups in total. The zero-order valence-electron chi connectivity index (χ0n) is 7.66. The van der Waals surface area contributed by atoms with Crippen molar-refractivity contribution in [1.82, 2.24) is 16.0 Å². The molecule has 13 heavy (non-hydrogen) atoms. The minimum absolute atomic E-state index is 0. The van der Waals surface area contributed by atoms with Gasteiger partial charge in [0.05, 0.1) is 0 Å². The van der Waals surface area contributed by atoms with Crippen LogP contribution in [0.1, 0.15) is 7.43 Å². The van der Waals surface area contributed by atoms with Gasteiger partial charge in [-0.05, 0) is 0 Å². The molecule has 0 atom stereocenters. The van der Waals surface area contributed by atoms with Crippen molar-refractivity contribution in [2.24, 2.45) is 0 Å². The van der Waals surface area contributed by atoms with Crippen molar-refractivity contribution in [3.05, 3.63) is 13.8 Å². The first-order valence-electron chi connectivity index (χ1n) is 4.33. The third kappa shape index (κ3) is 12.3. The maximum Gasteiger partial charge on any atom is 0.0139 e. The van der Waals surface area contributed by atoms with Gasteiger partial charge in [-0.15, -0.1) is 0 Å². The van der Waals surface area contributed by atoms with Gasteiger partial charge in [0, 0.05) is 38.8 Å². The zero-order chi connectivity index (χ0) is 9.07. The van der Waals surface area contributed by atoms with E-state index in [9.17, 15) is 0 Å². The molecule has 0 aromatic heterocycles. The van der Waals surface area contributed by atoms with Gasteiger partial charge in [-0.1, -0.05) is 29.9 Å². The smallest absolute Gasteiger partial charge is 0.0139 e. The summed E-state index contributed by atoms with van der Waals surface area (Å²) in [6, 6.07) is 0. The molecular weight excluding hydrogens is 181 g/mol. The van der Waals surface area contributed by atoms with Gasteiger partial charge in [-0.25, -0.2) is 0 Å². The maximum absolute atomic E-state index is 3.36. The van der Waals surface area contributed by atoms with E-state index in [0.29, 0.717) is 0 Å². The van der Waals surface area contributed by atoms with Crippen LogP contribution in [-0.2, 0) is 0 Å².